The molecule has 0 atom stereocenters. The summed E-state index contributed by atoms with van der Waals surface area (Å²) in [5, 5.41) is 8.86. The first-order valence-electron chi connectivity index (χ1n) is 8.70. The van der Waals surface area contributed by atoms with Gasteiger partial charge in [0, 0.05) is 28.1 Å². The Morgan fingerprint density at radius 1 is 1.04 bits per heavy atom. The van der Waals surface area contributed by atoms with Crippen LogP contribution in [0.3, 0.4) is 0 Å². The molecule has 4 aromatic rings. The Morgan fingerprint density at radius 2 is 1.79 bits per heavy atom. The normalized spacial score (nSPS) is 10.8. The first kappa shape index (κ1) is 18.1. The molecule has 7 heteroatoms. The molecule has 0 saturated carbocycles. The maximum atomic E-state index is 13.0. The van der Waals surface area contributed by atoms with Gasteiger partial charge in [0.2, 0.25) is 5.82 Å². The Morgan fingerprint density at radius 3 is 2.50 bits per heavy atom. The summed E-state index contributed by atoms with van der Waals surface area (Å²) in [5.41, 5.74) is 1.93. The Bertz CT molecular complexity index is 1060. The number of hydrogen-bond acceptors (Lipinski definition) is 5. The number of carbonyl (C=O) groups is 1. The highest BCUT2D eigenvalue weighted by molar-refractivity contribution is 7.09. The molecule has 1 N–H and O–H groups in total. The Labute approximate surface area is 164 Å². The Hall–Kier alpha value is -3.32. The van der Waals surface area contributed by atoms with Crippen LogP contribution in [-0.2, 0) is 6.42 Å². The summed E-state index contributed by atoms with van der Waals surface area (Å²) >= 11 is 1.68. The quantitative estimate of drug-likeness (QED) is 0.521. The molecule has 2 aromatic heterocycles. The van der Waals surface area contributed by atoms with Gasteiger partial charge in [-0.05, 0) is 66.4 Å². The largest absolute Gasteiger partial charge is 0.352 e. The predicted molar refractivity (Wildman–Crippen MR) is 105 cm³/mol. The third-order valence-electron chi connectivity index (χ3n) is 4.16. The molecule has 2 aromatic carbocycles. The lowest BCUT2D eigenvalue weighted by atomic mass is 10.1. The van der Waals surface area contributed by atoms with Gasteiger partial charge >= 0.3 is 0 Å². The SMILES string of the molecule is O=C(NCCc1cccs1)c1ccc(-c2nc(-c3ccc(F)cc3)no2)cc1. The van der Waals surface area contributed by atoms with Gasteiger partial charge in [-0.15, -0.1) is 11.3 Å². The molecule has 0 aliphatic carbocycles. The molecule has 140 valence electrons. The van der Waals surface area contributed by atoms with Gasteiger partial charge < -0.3 is 9.84 Å². The van der Waals surface area contributed by atoms with Gasteiger partial charge in [-0.3, -0.25) is 4.79 Å². The molecule has 0 bridgehead atoms. The average molecular weight is 393 g/mol. The number of benzene rings is 2. The van der Waals surface area contributed by atoms with Gasteiger partial charge in [-0.2, -0.15) is 4.98 Å². The fourth-order valence-electron chi connectivity index (χ4n) is 2.68. The molecular weight excluding hydrogens is 377 g/mol. The molecule has 0 spiro atoms. The van der Waals surface area contributed by atoms with Crippen LogP contribution in [0, 0.1) is 5.82 Å². The van der Waals surface area contributed by atoms with E-state index in [0.29, 0.717) is 35.0 Å². The van der Waals surface area contributed by atoms with E-state index < -0.39 is 0 Å². The number of thiophene rings is 1. The first-order chi connectivity index (χ1) is 13.7. The van der Waals surface area contributed by atoms with Gasteiger partial charge in [-0.1, -0.05) is 11.2 Å². The molecule has 5 nitrogen and oxygen atoms in total. The van der Waals surface area contributed by atoms with Crippen LogP contribution in [0.1, 0.15) is 15.2 Å². The minimum atomic E-state index is -0.322. The van der Waals surface area contributed by atoms with E-state index in [1.807, 2.05) is 11.4 Å². The highest BCUT2D eigenvalue weighted by Gasteiger charge is 2.12. The summed E-state index contributed by atoms with van der Waals surface area (Å²) in [6.45, 7) is 0.589. The van der Waals surface area contributed by atoms with Gasteiger partial charge in [0.25, 0.3) is 11.8 Å². The minimum Gasteiger partial charge on any atom is -0.352 e. The second kappa shape index (κ2) is 8.14. The Kier molecular flexibility index (Phi) is 5.25. The van der Waals surface area contributed by atoms with Crippen molar-refractivity contribution in [1.29, 1.82) is 0 Å². The van der Waals surface area contributed by atoms with Crippen LogP contribution in [0.15, 0.2) is 70.6 Å². The zero-order valence-electron chi connectivity index (χ0n) is 14.8. The standard InChI is InChI=1S/C21H16FN3O2S/c22-17-9-7-14(8-10-17)19-24-21(27-25-19)16-5-3-15(4-6-16)20(26)23-12-11-18-2-1-13-28-18/h1-10,13H,11-12H2,(H,23,26). The second-order valence-electron chi connectivity index (χ2n) is 6.09. The number of halogens is 1. The maximum absolute atomic E-state index is 13.0. The molecule has 0 radical (unpaired) electrons. The van der Waals surface area contributed by atoms with Crippen molar-refractivity contribution in [2.45, 2.75) is 6.42 Å². The first-order valence-corrected chi connectivity index (χ1v) is 9.58. The number of nitrogens with one attached hydrogen (secondary N) is 1. The van der Waals surface area contributed by atoms with Crippen molar-refractivity contribution < 1.29 is 13.7 Å². The summed E-state index contributed by atoms with van der Waals surface area (Å²) in [7, 11) is 0. The summed E-state index contributed by atoms with van der Waals surface area (Å²) in [4.78, 5) is 17.8. The molecular formula is C21H16FN3O2S. The van der Waals surface area contributed by atoms with Gasteiger partial charge in [0.05, 0.1) is 0 Å². The zero-order chi connectivity index (χ0) is 19.3. The molecule has 1 amide bonds. The van der Waals surface area contributed by atoms with E-state index in [9.17, 15) is 9.18 Å². The molecule has 4 rings (SSSR count). The lowest BCUT2D eigenvalue weighted by molar-refractivity contribution is 0.0954. The second-order valence-corrected chi connectivity index (χ2v) is 7.12. The van der Waals surface area contributed by atoms with Crippen molar-refractivity contribution in [1.82, 2.24) is 15.5 Å². The van der Waals surface area contributed by atoms with Crippen molar-refractivity contribution in [3.05, 3.63) is 82.3 Å². The average Bonchev–Trinajstić information content (AvgIpc) is 3.41. The number of aromatic nitrogens is 2. The third-order valence-corrected chi connectivity index (χ3v) is 5.10. The lowest BCUT2D eigenvalue weighted by Gasteiger charge is -2.04. The summed E-state index contributed by atoms with van der Waals surface area (Å²) < 4.78 is 18.3. The van der Waals surface area contributed by atoms with E-state index in [2.05, 4.69) is 21.5 Å². The topological polar surface area (TPSA) is 68.0 Å². The van der Waals surface area contributed by atoms with Crippen molar-refractivity contribution in [2.75, 3.05) is 6.54 Å². The van der Waals surface area contributed by atoms with Crippen molar-refractivity contribution >= 4 is 17.2 Å². The van der Waals surface area contributed by atoms with Gasteiger partial charge in [0.15, 0.2) is 0 Å². The molecule has 0 aliphatic rings. The molecule has 0 aliphatic heterocycles. The van der Waals surface area contributed by atoms with Crippen molar-refractivity contribution in [2.24, 2.45) is 0 Å². The van der Waals surface area contributed by atoms with Crippen LogP contribution in [-0.4, -0.2) is 22.6 Å². The fourth-order valence-corrected chi connectivity index (χ4v) is 3.39. The van der Waals surface area contributed by atoms with E-state index in [-0.39, 0.29) is 11.7 Å². The highest BCUT2D eigenvalue weighted by atomic mass is 32.1. The monoisotopic (exact) mass is 393 g/mol. The predicted octanol–water partition coefficient (Wildman–Crippen LogP) is 4.58. The summed E-state index contributed by atoms with van der Waals surface area (Å²) in [5.74, 6) is 0.270. The lowest BCUT2D eigenvalue weighted by Crippen LogP contribution is -2.25. The number of carbonyl (C=O) groups excluding carboxylic acids is 1. The van der Waals surface area contributed by atoms with Crippen molar-refractivity contribution in [3.63, 3.8) is 0 Å². The third kappa shape index (κ3) is 4.15. The van der Waals surface area contributed by atoms with E-state index in [4.69, 9.17) is 4.52 Å². The number of nitrogens with zero attached hydrogens (tertiary/aromatic N) is 2. The maximum Gasteiger partial charge on any atom is 0.258 e. The van der Waals surface area contributed by atoms with E-state index in [1.54, 1.807) is 47.7 Å². The number of rotatable bonds is 6. The fraction of sp³-hybridized carbons (Fsp3) is 0.0952. The molecule has 0 saturated heterocycles. The number of hydrogen-bond donors (Lipinski definition) is 1. The van der Waals surface area contributed by atoms with Crippen LogP contribution in [0.25, 0.3) is 22.8 Å². The van der Waals surface area contributed by atoms with Gasteiger partial charge in [-0.25, -0.2) is 4.39 Å². The zero-order valence-corrected chi connectivity index (χ0v) is 15.6. The van der Waals surface area contributed by atoms with Crippen LogP contribution < -0.4 is 5.32 Å². The smallest absolute Gasteiger partial charge is 0.258 e. The highest BCUT2D eigenvalue weighted by Crippen LogP contribution is 2.22. The van der Waals surface area contributed by atoms with E-state index in [1.165, 1.54) is 17.0 Å². The van der Waals surface area contributed by atoms with Crippen LogP contribution >= 0.6 is 11.3 Å². The van der Waals surface area contributed by atoms with Crippen LogP contribution in [0.5, 0.6) is 0 Å². The summed E-state index contributed by atoms with van der Waals surface area (Å²) in [6, 6.07) is 16.9. The van der Waals surface area contributed by atoms with Gasteiger partial charge in [0.1, 0.15) is 5.82 Å². The van der Waals surface area contributed by atoms with Crippen molar-refractivity contribution in [3.8, 4) is 22.8 Å². The number of amides is 1. The molecule has 2 heterocycles. The summed E-state index contributed by atoms with van der Waals surface area (Å²) in [6.07, 6.45) is 0.815. The Balaban J connectivity index is 1.40. The minimum absolute atomic E-state index is 0.124. The van der Waals surface area contributed by atoms with Crippen LogP contribution in [0.2, 0.25) is 0 Å². The molecule has 0 fully saturated rings. The van der Waals surface area contributed by atoms with Crippen LogP contribution in [0.4, 0.5) is 4.39 Å². The van der Waals surface area contributed by atoms with E-state index >= 15 is 0 Å². The van der Waals surface area contributed by atoms with E-state index in [0.717, 1.165) is 6.42 Å². The molecule has 28 heavy (non-hydrogen) atoms. The molecule has 0 unspecified atom stereocenters.